The van der Waals surface area contributed by atoms with Crippen LogP contribution in [-0.4, -0.2) is 74.2 Å². The molecule has 5 atom stereocenters. The zero-order valence-electron chi connectivity index (χ0n) is 17.0. The smallest absolute Gasteiger partial charge is 0.392 e. The van der Waals surface area contributed by atoms with Crippen LogP contribution in [0.4, 0.5) is 5.82 Å². The lowest BCUT2D eigenvalue weighted by Crippen LogP contribution is -2.44. The number of aliphatic hydroxyl groups is 2. The Labute approximate surface area is 190 Å². The quantitative estimate of drug-likeness (QED) is 0.124. The van der Waals surface area contributed by atoms with Crippen LogP contribution >= 0.6 is 23.5 Å². The number of nitrogens with two attached hydrogens (primary N) is 1. The summed E-state index contributed by atoms with van der Waals surface area (Å²) in [5.41, 5.74) is 3.49. The molecular weight excluding hydrogens is 527 g/mol. The number of aromatic nitrogens is 4. The maximum absolute atomic E-state index is 11.9. The van der Waals surface area contributed by atoms with Gasteiger partial charge in [-0.05, 0) is 6.92 Å². The number of rotatable bonds is 12. The van der Waals surface area contributed by atoms with E-state index in [2.05, 4.69) is 28.1 Å². The van der Waals surface area contributed by atoms with Crippen LogP contribution in [0.25, 0.3) is 11.2 Å². The Kier molecular flexibility index (Phi) is 8.73. The molecule has 2 rings (SSSR count). The van der Waals surface area contributed by atoms with E-state index in [0.717, 1.165) is 17.2 Å². The summed E-state index contributed by atoms with van der Waals surface area (Å²) in [5.74, 6) is 1.94. The summed E-state index contributed by atoms with van der Waals surface area (Å²) >= 11 is 0. The van der Waals surface area contributed by atoms with Crippen LogP contribution < -0.4 is 5.73 Å². The van der Waals surface area contributed by atoms with Gasteiger partial charge in [0, 0.05) is 0 Å². The number of hydrogen-bond donors (Lipinski definition) is 7. The SMILES string of the molecule is C#CC(O)(CO)C(OC(C)COP(=O)(O)OP(=O)(O)OP(=O)(O)O)n1cnc2c(N)ncnc21. The lowest BCUT2D eigenvalue weighted by molar-refractivity contribution is -0.162. The number of nitrogen functional groups attached to an aromatic ring is 1. The van der Waals surface area contributed by atoms with E-state index in [1.807, 2.05) is 5.92 Å². The number of phosphoric acid groups is 3. The molecule has 0 aliphatic rings. The third-order valence-corrected chi connectivity index (χ3v) is 7.59. The van der Waals surface area contributed by atoms with Gasteiger partial charge in [0.1, 0.15) is 11.8 Å². The summed E-state index contributed by atoms with van der Waals surface area (Å²) in [6, 6.07) is 0. The molecule has 0 aromatic carbocycles. The Morgan fingerprint density at radius 1 is 1.18 bits per heavy atom. The minimum absolute atomic E-state index is 0.0172. The average Bonchev–Trinajstić information content (AvgIpc) is 3.12. The highest BCUT2D eigenvalue weighted by atomic mass is 31.3. The number of fused-ring (bicyclic) bond motifs is 1. The van der Waals surface area contributed by atoms with Crippen molar-refractivity contribution in [3.05, 3.63) is 12.7 Å². The number of phosphoric ester groups is 1. The van der Waals surface area contributed by atoms with Crippen LogP contribution in [0.5, 0.6) is 0 Å². The van der Waals surface area contributed by atoms with Crippen molar-refractivity contribution in [1.29, 1.82) is 0 Å². The van der Waals surface area contributed by atoms with Crippen molar-refractivity contribution in [2.24, 2.45) is 0 Å². The highest BCUT2D eigenvalue weighted by molar-refractivity contribution is 7.66. The number of imidazole rings is 1. The number of aliphatic hydroxyl groups excluding tert-OH is 1. The van der Waals surface area contributed by atoms with Crippen molar-refractivity contribution in [3.63, 3.8) is 0 Å². The first-order valence-corrected chi connectivity index (χ1v) is 13.2. The lowest BCUT2D eigenvalue weighted by atomic mass is 10.0. The third kappa shape index (κ3) is 7.35. The summed E-state index contributed by atoms with van der Waals surface area (Å²) in [6.45, 7) is -0.637. The largest absolute Gasteiger partial charge is 0.490 e. The minimum Gasteiger partial charge on any atom is -0.392 e. The lowest BCUT2D eigenvalue weighted by Gasteiger charge is -2.33. The van der Waals surface area contributed by atoms with Gasteiger partial charge in [-0.25, -0.2) is 28.6 Å². The topological polar surface area (TPSA) is 279 Å². The van der Waals surface area contributed by atoms with Crippen molar-refractivity contribution in [2.75, 3.05) is 18.9 Å². The molecule has 5 unspecified atom stereocenters. The number of anilines is 1. The predicted molar refractivity (Wildman–Crippen MR) is 110 cm³/mol. The molecule has 0 saturated carbocycles. The maximum atomic E-state index is 11.9. The molecule has 18 nitrogen and oxygen atoms in total. The number of ether oxygens (including phenoxy) is 1. The highest BCUT2D eigenvalue weighted by Crippen LogP contribution is 2.66. The zero-order valence-corrected chi connectivity index (χ0v) is 19.7. The summed E-state index contributed by atoms with van der Waals surface area (Å²) in [4.78, 5) is 47.5. The summed E-state index contributed by atoms with van der Waals surface area (Å²) in [6.07, 6.45) is 4.66. The maximum Gasteiger partial charge on any atom is 0.490 e. The molecule has 190 valence electrons. The van der Waals surface area contributed by atoms with Gasteiger partial charge in [0.2, 0.25) is 0 Å². The zero-order chi connectivity index (χ0) is 25.9. The van der Waals surface area contributed by atoms with Gasteiger partial charge in [0.15, 0.2) is 23.3 Å². The molecule has 0 saturated heterocycles. The van der Waals surface area contributed by atoms with E-state index in [9.17, 15) is 33.7 Å². The van der Waals surface area contributed by atoms with Gasteiger partial charge in [-0.2, -0.15) is 8.62 Å². The molecule has 2 aromatic heterocycles. The average molecular weight is 547 g/mol. The number of terminal acetylenes is 1. The Bertz CT molecular complexity index is 1210. The first kappa shape index (κ1) is 28.4. The van der Waals surface area contributed by atoms with Crippen molar-refractivity contribution in [3.8, 4) is 12.3 Å². The summed E-state index contributed by atoms with van der Waals surface area (Å²) in [7, 11) is -16.7. The summed E-state index contributed by atoms with van der Waals surface area (Å²) < 4.78 is 52.3. The first-order valence-electron chi connectivity index (χ1n) is 8.70. The Morgan fingerprint density at radius 3 is 2.38 bits per heavy atom. The normalized spacial score (nSPS) is 19.5. The fraction of sp³-hybridized carbons (Fsp3) is 0.462. The molecule has 0 aliphatic heterocycles. The molecule has 0 spiro atoms. The van der Waals surface area contributed by atoms with Crippen molar-refractivity contribution >= 4 is 40.4 Å². The molecular formula is C13H20N5O13P3. The number of nitrogens with zero attached hydrogens (tertiary/aromatic N) is 4. The van der Waals surface area contributed by atoms with Crippen LogP contribution in [0, 0.1) is 12.3 Å². The Morgan fingerprint density at radius 2 is 1.82 bits per heavy atom. The van der Waals surface area contributed by atoms with Gasteiger partial charge in [-0.15, -0.1) is 6.42 Å². The standard InChI is InChI=1S/C13H20N5O13P3/c1-3-13(20,5-19)12(18-7-17-9-10(14)15-6-16-11(9)18)29-8(2)4-28-33(24,25)31-34(26,27)30-32(21,22)23/h1,6-8,12,19-20H,4-5H2,2H3,(H,24,25)(H,26,27)(H2,14,15,16)(H2,21,22,23). The monoisotopic (exact) mass is 547 g/mol. The van der Waals surface area contributed by atoms with E-state index < -0.39 is 54.6 Å². The second kappa shape index (κ2) is 10.4. The molecule has 34 heavy (non-hydrogen) atoms. The number of hydrogen-bond acceptors (Lipinski definition) is 13. The second-order valence-electron chi connectivity index (χ2n) is 6.50. The van der Waals surface area contributed by atoms with Gasteiger partial charge >= 0.3 is 23.5 Å². The third-order valence-electron chi connectivity index (χ3n) is 3.79. The first-order chi connectivity index (χ1) is 15.5. The van der Waals surface area contributed by atoms with E-state index in [1.54, 1.807) is 0 Å². The predicted octanol–water partition coefficient (Wildman–Crippen LogP) is -0.988. The fourth-order valence-electron chi connectivity index (χ4n) is 2.41. The van der Waals surface area contributed by atoms with Crippen LogP contribution in [0.2, 0.25) is 0 Å². The van der Waals surface area contributed by atoms with E-state index in [0.29, 0.717) is 0 Å². The van der Waals surface area contributed by atoms with Gasteiger partial charge in [-0.1, -0.05) is 5.92 Å². The Balaban J connectivity index is 2.22. The van der Waals surface area contributed by atoms with Crippen LogP contribution in [0.15, 0.2) is 12.7 Å². The summed E-state index contributed by atoms with van der Waals surface area (Å²) in [5, 5.41) is 20.3. The second-order valence-corrected chi connectivity index (χ2v) is 10.9. The minimum atomic E-state index is -5.71. The molecule has 21 heteroatoms. The van der Waals surface area contributed by atoms with E-state index in [4.69, 9.17) is 26.7 Å². The molecule has 2 aromatic rings. The van der Waals surface area contributed by atoms with Crippen molar-refractivity contribution in [2.45, 2.75) is 24.9 Å². The van der Waals surface area contributed by atoms with Crippen LogP contribution in [0.3, 0.4) is 0 Å². The van der Waals surface area contributed by atoms with Gasteiger partial charge in [-0.3, -0.25) is 9.09 Å². The van der Waals surface area contributed by atoms with Crippen LogP contribution in [-0.2, 0) is 31.6 Å². The van der Waals surface area contributed by atoms with E-state index in [1.165, 1.54) is 6.92 Å². The van der Waals surface area contributed by atoms with Crippen LogP contribution in [0.1, 0.15) is 13.2 Å². The fourth-order valence-corrected chi connectivity index (χ4v) is 5.50. The molecule has 2 heterocycles. The molecule has 0 aliphatic carbocycles. The molecule has 0 bridgehead atoms. The highest BCUT2D eigenvalue weighted by Gasteiger charge is 2.42. The Hall–Kier alpha value is -1.80. The molecule has 0 radical (unpaired) electrons. The molecule has 0 fully saturated rings. The van der Waals surface area contributed by atoms with E-state index in [-0.39, 0.29) is 17.0 Å². The molecule has 0 amide bonds. The van der Waals surface area contributed by atoms with Gasteiger partial charge < -0.3 is 40.3 Å². The van der Waals surface area contributed by atoms with E-state index >= 15 is 0 Å². The van der Waals surface area contributed by atoms with Gasteiger partial charge in [0.05, 0.1) is 25.6 Å². The van der Waals surface area contributed by atoms with Crippen molar-refractivity contribution < 1.29 is 61.4 Å². The van der Waals surface area contributed by atoms with Crippen molar-refractivity contribution in [1.82, 2.24) is 19.5 Å². The van der Waals surface area contributed by atoms with Gasteiger partial charge in [0.25, 0.3) is 0 Å². The molecule has 8 N–H and O–H groups in total.